The minimum atomic E-state index is 0.326. The Hall–Kier alpha value is -0.0800. The van der Waals surface area contributed by atoms with Crippen LogP contribution in [0.4, 0.5) is 0 Å². The fraction of sp³-hybridized carbons (Fsp3) is 1.00. The van der Waals surface area contributed by atoms with Gasteiger partial charge in [0.05, 0.1) is 6.61 Å². The Kier molecular flexibility index (Phi) is 2.69. The van der Waals surface area contributed by atoms with Crippen LogP contribution in [0.15, 0.2) is 0 Å². The molecule has 0 aromatic heterocycles. The molecule has 0 saturated carbocycles. The quantitative estimate of drug-likeness (QED) is 0.615. The summed E-state index contributed by atoms with van der Waals surface area (Å²) in [5.74, 6) is 0.821. The van der Waals surface area contributed by atoms with Crippen molar-refractivity contribution in [3.8, 4) is 0 Å². The van der Waals surface area contributed by atoms with E-state index in [1.165, 1.54) is 19.4 Å². The van der Waals surface area contributed by atoms with Gasteiger partial charge in [-0.15, -0.1) is 0 Å². The molecule has 0 aromatic rings. The summed E-state index contributed by atoms with van der Waals surface area (Å²) >= 11 is 0. The molecule has 60 valence electrons. The average Bonchev–Trinajstić information content (AvgIpc) is 2.30. The number of likely N-dealkylation sites (tertiary alicyclic amines) is 1. The SMILES string of the molecule is CCC1CC(CO)N(C)C1. The summed E-state index contributed by atoms with van der Waals surface area (Å²) in [4.78, 5) is 2.26. The van der Waals surface area contributed by atoms with Crippen LogP contribution in [0.25, 0.3) is 0 Å². The molecule has 0 radical (unpaired) electrons. The zero-order valence-electron chi connectivity index (χ0n) is 6.88. The van der Waals surface area contributed by atoms with Gasteiger partial charge in [-0.05, 0) is 19.4 Å². The molecule has 0 amide bonds. The highest BCUT2D eigenvalue weighted by Gasteiger charge is 2.26. The molecule has 1 saturated heterocycles. The molecule has 1 fully saturated rings. The Bertz CT molecular complexity index is 105. The summed E-state index contributed by atoms with van der Waals surface area (Å²) in [5, 5.41) is 8.91. The van der Waals surface area contributed by atoms with Crippen LogP contribution in [0.5, 0.6) is 0 Å². The van der Waals surface area contributed by atoms with E-state index in [0.717, 1.165) is 5.92 Å². The first-order chi connectivity index (χ1) is 4.77. The smallest absolute Gasteiger partial charge is 0.0586 e. The van der Waals surface area contributed by atoms with Crippen LogP contribution in [-0.4, -0.2) is 36.2 Å². The fourth-order valence-corrected chi connectivity index (χ4v) is 1.71. The predicted molar refractivity (Wildman–Crippen MR) is 41.9 cm³/mol. The molecule has 10 heavy (non-hydrogen) atoms. The molecule has 2 unspecified atom stereocenters. The van der Waals surface area contributed by atoms with E-state index in [1.54, 1.807) is 0 Å². The molecule has 1 aliphatic heterocycles. The minimum absolute atomic E-state index is 0.326. The van der Waals surface area contributed by atoms with Crippen molar-refractivity contribution in [3.63, 3.8) is 0 Å². The van der Waals surface area contributed by atoms with E-state index in [-0.39, 0.29) is 0 Å². The van der Waals surface area contributed by atoms with Gasteiger partial charge in [0.25, 0.3) is 0 Å². The van der Waals surface area contributed by atoms with E-state index < -0.39 is 0 Å². The molecule has 1 rings (SSSR count). The van der Waals surface area contributed by atoms with E-state index in [2.05, 4.69) is 18.9 Å². The maximum absolute atomic E-state index is 8.91. The lowest BCUT2D eigenvalue weighted by molar-refractivity contribution is 0.182. The van der Waals surface area contributed by atoms with Gasteiger partial charge in [0.1, 0.15) is 0 Å². The molecular weight excluding hydrogens is 126 g/mol. The lowest BCUT2D eigenvalue weighted by Crippen LogP contribution is -2.27. The summed E-state index contributed by atoms with van der Waals surface area (Å²) < 4.78 is 0. The second kappa shape index (κ2) is 3.35. The third kappa shape index (κ3) is 1.50. The maximum atomic E-state index is 8.91. The number of hydrogen-bond donors (Lipinski definition) is 1. The molecule has 1 heterocycles. The second-order valence-electron chi connectivity index (χ2n) is 3.29. The highest BCUT2D eigenvalue weighted by atomic mass is 16.3. The lowest BCUT2D eigenvalue weighted by Gasteiger charge is -2.15. The molecule has 1 aliphatic rings. The second-order valence-corrected chi connectivity index (χ2v) is 3.29. The van der Waals surface area contributed by atoms with E-state index in [4.69, 9.17) is 5.11 Å². The third-order valence-corrected chi connectivity index (χ3v) is 2.56. The molecule has 1 N–H and O–H groups in total. The predicted octanol–water partition coefficient (Wildman–Crippen LogP) is 0.709. The molecule has 0 spiro atoms. The van der Waals surface area contributed by atoms with Gasteiger partial charge < -0.3 is 10.0 Å². The standard InChI is InChI=1S/C8H17NO/c1-3-7-4-8(6-10)9(2)5-7/h7-8,10H,3-6H2,1-2H3. The van der Waals surface area contributed by atoms with Crippen LogP contribution in [-0.2, 0) is 0 Å². The van der Waals surface area contributed by atoms with Crippen LogP contribution in [0.3, 0.4) is 0 Å². The number of hydrogen-bond acceptors (Lipinski definition) is 2. The third-order valence-electron chi connectivity index (χ3n) is 2.56. The lowest BCUT2D eigenvalue weighted by atomic mass is 10.0. The largest absolute Gasteiger partial charge is 0.395 e. The van der Waals surface area contributed by atoms with Crippen LogP contribution < -0.4 is 0 Å². The molecule has 0 aromatic carbocycles. The van der Waals surface area contributed by atoms with Gasteiger partial charge in [-0.3, -0.25) is 0 Å². The highest BCUT2D eigenvalue weighted by molar-refractivity contribution is 4.81. The van der Waals surface area contributed by atoms with Gasteiger partial charge in [-0.2, -0.15) is 0 Å². The molecule has 2 nitrogen and oxygen atoms in total. The topological polar surface area (TPSA) is 23.5 Å². The van der Waals surface area contributed by atoms with Gasteiger partial charge in [0.15, 0.2) is 0 Å². The van der Waals surface area contributed by atoms with Crippen LogP contribution >= 0.6 is 0 Å². The van der Waals surface area contributed by atoms with Crippen molar-refractivity contribution in [2.45, 2.75) is 25.8 Å². The van der Waals surface area contributed by atoms with Crippen LogP contribution in [0.2, 0.25) is 0 Å². The average molecular weight is 143 g/mol. The van der Waals surface area contributed by atoms with Gasteiger partial charge in [-0.1, -0.05) is 13.3 Å². The Balaban J connectivity index is 2.36. The fourth-order valence-electron chi connectivity index (χ4n) is 1.71. The molecule has 2 heteroatoms. The van der Waals surface area contributed by atoms with Crippen LogP contribution in [0.1, 0.15) is 19.8 Å². The highest BCUT2D eigenvalue weighted by Crippen LogP contribution is 2.23. The van der Waals surface area contributed by atoms with Crippen molar-refractivity contribution in [3.05, 3.63) is 0 Å². The van der Waals surface area contributed by atoms with Crippen molar-refractivity contribution in [2.75, 3.05) is 20.2 Å². The van der Waals surface area contributed by atoms with Gasteiger partial charge in [0.2, 0.25) is 0 Å². The van der Waals surface area contributed by atoms with Crippen molar-refractivity contribution >= 4 is 0 Å². The Morgan fingerprint density at radius 1 is 1.60 bits per heavy atom. The molecule has 2 atom stereocenters. The van der Waals surface area contributed by atoms with Gasteiger partial charge in [0, 0.05) is 12.6 Å². The van der Waals surface area contributed by atoms with E-state index in [0.29, 0.717) is 12.6 Å². The summed E-state index contributed by atoms with van der Waals surface area (Å²) in [6.45, 7) is 3.72. The normalized spacial score (nSPS) is 35.1. The first-order valence-corrected chi connectivity index (χ1v) is 4.09. The molecular formula is C8H17NO. The van der Waals surface area contributed by atoms with E-state index in [9.17, 15) is 0 Å². The Labute approximate surface area is 62.8 Å². The first-order valence-electron chi connectivity index (χ1n) is 4.09. The zero-order valence-corrected chi connectivity index (χ0v) is 6.88. The van der Waals surface area contributed by atoms with E-state index in [1.807, 2.05) is 0 Å². The number of likely N-dealkylation sites (N-methyl/N-ethyl adjacent to an activating group) is 1. The van der Waals surface area contributed by atoms with Crippen molar-refractivity contribution in [1.29, 1.82) is 0 Å². The van der Waals surface area contributed by atoms with Crippen molar-refractivity contribution < 1.29 is 5.11 Å². The molecule has 0 bridgehead atoms. The summed E-state index contributed by atoms with van der Waals surface area (Å²) in [6.07, 6.45) is 2.43. The maximum Gasteiger partial charge on any atom is 0.0586 e. The van der Waals surface area contributed by atoms with Gasteiger partial charge in [-0.25, -0.2) is 0 Å². The number of rotatable bonds is 2. The number of nitrogens with zero attached hydrogens (tertiary/aromatic N) is 1. The Morgan fingerprint density at radius 2 is 2.30 bits per heavy atom. The van der Waals surface area contributed by atoms with Crippen LogP contribution in [0, 0.1) is 5.92 Å². The monoisotopic (exact) mass is 143 g/mol. The zero-order chi connectivity index (χ0) is 7.56. The Morgan fingerprint density at radius 3 is 2.60 bits per heavy atom. The minimum Gasteiger partial charge on any atom is -0.395 e. The number of aliphatic hydroxyl groups excluding tert-OH is 1. The summed E-state index contributed by atoms with van der Waals surface area (Å²) in [7, 11) is 2.09. The van der Waals surface area contributed by atoms with Crippen molar-refractivity contribution in [2.24, 2.45) is 5.92 Å². The van der Waals surface area contributed by atoms with Crippen molar-refractivity contribution in [1.82, 2.24) is 4.90 Å². The summed E-state index contributed by atoms with van der Waals surface area (Å²) in [5.41, 5.74) is 0. The first kappa shape index (κ1) is 8.02. The van der Waals surface area contributed by atoms with Gasteiger partial charge >= 0.3 is 0 Å². The number of aliphatic hydroxyl groups is 1. The molecule has 0 aliphatic carbocycles. The summed E-state index contributed by atoms with van der Waals surface area (Å²) in [6, 6.07) is 0.435. The van der Waals surface area contributed by atoms with E-state index >= 15 is 0 Å².